The molecule has 2 aromatic rings. The number of thiocarbonyl (C=S) groups is 1. The molecular weight excluding hydrogens is 442 g/mol. The fourth-order valence-electron chi connectivity index (χ4n) is 2.61. The molecule has 1 fully saturated rings. The Morgan fingerprint density at radius 3 is 2.60 bits per heavy atom. The van der Waals surface area contributed by atoms with Crippen molar-refractivity contribution in [3.05, 3.63) is 75.1 Å². The molecule has 0 spiro atoms. The van der Waals surface area contributed by atoms with Gasteiger partial charge < -0.3 is 0 Å². The van der Waals surface area contributed by atoms with E-state index in [2.05, 4.69) is 10.9 Å². The minimum atomic E-state index is -0.488. The molecule has 0 bridgehead atoms. The molecule has 0 unspecified atom stereocenters. The average molecular weight is 460 g/mol. The zero-order chi connectivity index (χ0) is 21.7. The summed E-state index contributed by atoms with van der Waals surface area (Å²) in [6.45, 7) is 2.11. The van der Waals surface area contributed by atoms with E-state index in [0.717, 1.165) is 11.1 Å². The monoisotopic (exact) mass is 459 g/mol. The van der Waals surface area contributed by atoms with Gasteiger partial charge in [0.25, 0.3) is 11.8 Å². The van der Waals surface area contributed by atoms with E-state index in [1.807, 2.05) is 31.2 Å². The van der Waals surface area contributed by atoms with Gasteiger partial charge >= 0.3 is 0 Å². The molecule has 154 valence electrons. The normalized spacial score (nSPS) is 14.9. The van der Waals surface area contributed by atoms with E-state index in [9.17, 15) is 14.4 Å². The number of rotatable bonds is 5. The molecule has 3 rings (SSSR count). The van der Waals surface area contributed by atoms with Crippen LogP contribution in [0.5, 0.6) is 0 Å². The Morgan fingerprint density at radius 1 is 1.17 bits per heavy atom. The van der Waals surface area contributed by atoms with E-state index in [1.54, 1.807) is 24.3 Å². The van der Waals surface area contributed by atoms with Crippen LogP contribution in [0.15, 0.2) is 53.4 Å². The highest BCUT2D eigenvalue weighted by molar-refractivity contribution is 8.26. The van der Waals surface area contributed by atoms with Gasteiger partial charge in [0.15, 0.2) is 0 Å². The Morgan fingerprint density at radius 2 is 1.90 bits per heavy atom. The van der Waals surface area contributed by atoms with E-state index in [0.29, 0.717) is 19.8 Å². The third-order valence-corrected chi connectivity index (χ3v) is 5.83. The van der Waals surface area contributed by atoms with E-state index in [4.69, 9.17) is 23.8 Å². The molecule has 0 atom stereocenters. The second-order valence-corrected chi connectivity index (χ2v) is 8.62. The molecule has 6 nitrogen and oxygen atoms in total. The summed E-state index contributed by atoms with van der Waals surface area (Å²) in [5.74, 6) is -1.17. The predicted octanol–water partition coefficient (Wildman–Crippen LogP) is 3.70. The quantitative estimate of drug-likeness (QED) is 0.405. The summed E-state index contributed by atoms with van der Waals surface area (Å²) in [7, 11) is 0. The Labute approximate surface area is 188 Å². The van der Waals surface area contributed by atoms with E-state index >= 15 is 0 Å². The van der Waals surface area contributed by atoms with Gasteiger partial charge in [-0.1, -0.05) is 71.5 Å². The number of halogens is 1. The molecule has 0 radical (unpaired) electrons. The number of thioether (sulfide) groups is 1. The first-order chi connectivity index (χ1) is 14.3. The summed E-state index contributed by atoms with van der Waals surface area (Å²) in [4.78, 5) is 38.6. The predicted molar refractivity (Wildman–Crippen MR) is 123 cm³/mol. The largest absolute Gasteiger partial charge is 0.292 e. The number of carbonyl (C=O) groups excluding carboxylic acids is 3. The van der Waals surface area contributed by atoms with Crippen LogP contribution in [0.3, 0.4) is 0 Å². The van der Waals surface area contributed by atoms with Gasteiger partial charge in [0, 0.05) is 23.6 Å². The molecule has 30 heavy (non-hydrogen) atoms. The number of hydrogen-bond donors (Lipinski definition) is 2. The fourth-order valence-corrected chi connectivity index (χ4v) is 4.11. The molecule has 9 heteroatoms. The first-order valence-corrected chi connectivity index (χ1v) is 10.6. The number of amides is 3. The maximum absolute atomic E-state index is 12.6. The maximum atomic E-state index is 12.6. The highest BCUT2D eigenvalue weighted by Crippen LogP contribution is 2.32. The van der Waals surface area contributed by atoms with Crippen molar-refractivity contribution in [2.75, 3.05) is 6.54 Å². The van der Waals surface area contributed by atoms with Gasteiger partial charge in [0.1, 0.15) is 4.32 Å². The second-order valence-electron chi connectivity index (χ2n) is 6.51. The van der Waals surface area contributed by atoms with Crippen molar-refractivity contribution in [1.82, 2.24) is 15.8 Å². The fraction of sp³-hybridized carbons (Fsp3) is 0.143. The number of carbonyl (C=O) groups is 3. The number of hydrogen-bond acceptors (Lipinski definition) is 5. The molecule has 1 aliphatic heterocycles. The van der Waals surface area contributed by atoms with Crippen LogP contribution in [-0.2, 0) is 9.59 Å². The lowest BCUT2D eigenvalue weighted by molar-refractivity contribution is -0.124. The lowest BCUT2D eigenvalue weighted by atomic mass is 10.1. The van der Waals surface area contributed by atoms with Gasteiger partial charge in [-0.15, -0.1) is 0 Å². The van der Waals surface area contributed by atoms with Crippen LogP contribution in [0.25, 0.3) is 6.08 Å². The van der Waals surface area contributed by atoms with Crippen LogP contribution in [0.4, 0.5) is 0 Å². The smallest absolute Gasteiger partial charge is 0.269 e. The topological polar surface area (TPSA) is 78.5 Å². The van der Waals surface area contributed by atoms with Crippen LogP contribution in [0.2, 0.25) is 5.02 Å². The molecule has 0 saturated carbocycles. The van der Waals surface area contributed by atoms with Crippen molar-refractivity contribution in [2.45, 2.75) is 13.3 Å². The van der Waals surface area contributed by atoms with Crippen LogP contribution in [-0.4, -0.2) is 33.5 Å². The summed E-state index contributed by atoms with van der Waals surface area (Å²) in [6.07, 6.45) is 1.77. The van der Waals surface area contributed by atoms with Crippen LogP contribution in [0.1, 0.15) is 27.9 Å². The lowest BCUT2D eigenvalue weighted by Crippen LogP contribution is -2.43. The zero-order valence-corrected chi connectivity index (χ0v) is 18.4. The molecule has 0 aliphatic carbocycles. The SMILES string of the molecule is Cc1ccc(/C=C2/SC(=S)N(CCC(=O)NNC(=O)c3cccc(Cl)c3)C2=O)cc1. The van der Waals surface area contributed by atoms with Gasteiger partial charge in [0.2, 0.25) is 5.91 Å². The van der Waals surface area contributed by atoms with Crippen LogP contribution in [0, 0.1) is 6.92 Å². The third kappa shape index (κ3) is 5.69. The summed E-state index contributed by atoms with van der Waals surface area (Å²) in [5, 5.41) is 0.419. The highest BCUT2D eigenvalue weighted by Gasteiger charge is 2.32. The van der Waals surface area contributed by atoms with E-state index in [-0.39, 0.29) is 18.9 Å². The average Bonchev–Trinajstić information content (AvgIpc) is 2.99. The number of nitrogens with one attached hydrogen (secondary N) is 2. The lowest BCUT2D eigenvalue weighted by Gasteiger charge is -2.14. The highest BCUT2D eigenvalue weighted by atomic mass is 35.5. The minimum Gasteiger partial charge on any atom is -0.292 e. The van der Waals surface area contributed by atoms with Crippen LogP contribution < -0.4 is 10.9 Å². The Hall–Kier alpha value is -2.68. The van der Waals surface area contributed by atoms with Crippen molar-refractivity contribution in [3.63, 3.8) is 0 Å². The van der Waals surface area contributed by atoms with Crippen LogP contribution >= 0.6 is 35.6 Å². The van der Waals surface area contributed by atoms with Crippen molar-refractivity contribution in [3.8, 4) is 0 Å². The zero-order valence-electron chi connectivity index (χ0n) is 16.0. The summed E-state index contributed by atoms with van der Waals surface area (Å²) < 4.78 is 0.397. The molecule has 1 heterocycles. The number of aryl methyl sites for hydroxylation is 1. The Bertz CT molecular complexity index is 1040. The summed E-state index contributed by atoms with van der Waals surface area (Å²) in [6, 6.07) is 14.1. The van der Waals surface area contributed by atoms with E-state index in [1.165, 1.54) is 22.7 Å². The van der Waals surface area contributed by atoms with Crippen molar-refractivity contribution in [1.29, 1.82) is 0 Å². The van der Waals surface area contributed by atoms with Gasteiger partial charge in [0.05, 0.1) is 4.91 Å². The molecule has 1 saturated heterocycles. The second kappa shape index (κ2) is 9.88. The first-order valence-electron chi connectivity index (χ1n) is 9.00. The third-order valence-electron chi connectivity index (χ3n) is 4.21. The van der Waals surface area contributed by atoms with Gasteiger partial charge in [-0.05, 0) is 36.8 Å². The molecule has 2 aromatic carbocycles. The van der Waals surface area contributed by atoms with E-state index < -0.39 is 11.8 Å². The molecular formula is C21H18ClN3O3S2. The maximum Gasteiger partial charge on any atom is 0.269 e. The molecule has 1 aliphatic rings. The molecule has 2 N–H and O–H groups in total. The first kappa shape index (κ1) is 22.0. The minimum absolute atomic E-state index is 0.0138. The number of nitrogens with zero attached hydrogens (tertiary/aromatic N) is 1. The number of hydrazine groups is 1. The van der Waals surface area contributed by atoms with Crippen molar-refractivity contribution < 1.29 is 14.4 Å². The number of benzene rings is 2. The van der Waals surface area contributed by atoms with Gasteiger partial charge in [-0.3, -0.25) is 30.1 Å². The Kier molecular flexibility index (Phi) is 7.25. The standard InChI is InChI=1S/C21H18ClN3O3S2/c1-13-5-7-14(8-6-13)11-17-20(28)25(21(29)30-17)10-9-18(26)23-24-19(27)15-3-2-4-16(22)12-15/h2-8,11-12H,9-10H2,1H3,(H,23,26)(H,24,27)/b17-11+. The summed E-state index contributed by atoms with van der Waals surface area (Å²) >= 11 is 12.3. The van der Waals surface area contributed by atoms with Gasteiger partial charge in [-0.25, -0.2) is 0 Å². The molecule has 0 aromatic heterocycles. The van der Waals surface area contributed by atoms with Gasteiger partial charge in [-0.2, -0.15) is 0 Å². The van der Waals surface area contributed by atoms with Crippen molar-refractivity contribution >= 4 is 63.7 Å². The van der Waals surface area contributed by atoms with Crippen molar-refractivity contribution in [2.24, 2.45) is 0 Å². The summed E-state index contributed by atoms with van der Waals surface area (Å²) in [5.41, 5.74) is 7.00. The molecule has 3 amide bonds. The Balaban J connectivity index is 1.52.